The Bertz CT molecular complexity index is 187. The standard InChI is InChI=1S/C10H18O3/c1-4-5-6-8(11)9-7-12-10(2,3)13-9/h9H,4-7H2,1-3H3. The van der Waals surface area contributed by atoms with Gasteiger partial charge in [-0.05, 0) is 20.3 Å². The monoisotopic (exact) mass is 186 g/mol. The summed E-state index contributed by atoms with van der Waals surface area (Å²) < 4.78 is 10.7. The maximum atomic E-state index is 11.5. The molecule has 1 aliphatic rings. The van der Waals surface area contributed by atoms with Gasteiger partial charge >= 0.3 is 0 Å². The van der Waals surface area contributed by atoms with Crippen LogP contribution in [-0.4, -0.2) is 24.3 Å². The third-order valence-electron chi connectivity index (χ3n) is 2.14. The summed E-state index contributed by atoms with van der Waals surface area (Å²) in [5, 5.41) is 0. The van der Waals surface area contributed by atoms with Crippen molar-refractivity contribution in [1.29, 1.82) is 0 Å². The van der Waals surface area contributed by atoms with Crippen LogP contribution in [0, 0.1) is 0 Å². The first-order chi connectivity index (χ1) is 6.05. The largest absolute Gasteiger partial charge is 0.347 e. The highest BCUT2D eigenvalue weighted by Crippen LogP contribution is 2.23. The normalized spacial score (nSPS) is 26.2. The lowest BCUT2D eigenvalue weighted by Crippen LogP contribution is -2.26. The molecule has 3 nitrogen and oxygen atoms in total. The molecule has 1 fully saturated rings. The van der Waals surface area contributed by atoms with Crippen molar-refractivity contribution in [2.45, 2.75) is 51.9 Å². The zero-order valence-corrected chi connectivity index (χ0v) is 8.63. The van der Waals surface area contributed by atoms with Gasteiger partial charge in [0.1, 0.15) is 6.10 Å². The second-order valence-corrected chi connectivity index (χ2v) is 3.89. The number of Topliss-reactive ketones (excluding diaryl/α,β-unsaturated/α-hetero) is 1. The maximum absolute atomic E-state index is 11.5. The topological polar surface area (TPSA) is 35.5 Å². The molecule has 76 valence electrons. The molecule has 0 amide bonds. The molecule has 0 saturated carbocycles. The van der Waals surface area contributed by atoms with Crippen molar-refractivity contribution in [3.8, 4) is 0 Å². The minimum atomic E-state index is -0.577. The van der Waals surface area contributed by atoms with Crippen LogP contribution >= 0.6 is 0 Å². The Balaban J connectivity index is 2.33. The molecule has 1 heterocycles. The number of carbonyl (C=O) groups excluding carboxylic acids is 1. The number of rotatable bonds is 4. The van der Waals surface area contributed by atoms with Gasteiger partial charge in [-0.3, -0.25) is 4.79 Å². The van der Waals surface area contributed by atoms with E-state index in [1.54, 1.807) is 0 Å². The minimum Gasteiger partial charge on any atom is -0.347 e. The quantitative estimate of drug-likeness (QED) is 0.672. The van der Waals surface area contributed by atoms with E-state index >= 15 is 0 Å². The fraction of sp³-hybridized carbons (Fsp3) is 0.900. The Kier molecular flexibility index (Phi) is 3.45. The first kappa shape index (κ1) is 10.7. The lowest BCUT2D eigenvalue weighted by Gasteiger charge is -2.16. The van der Waals surface area contributed by atoms with Crippen LogP contribution in [0.5, 0.6) is 0 Å². The molecular weight excluding hydrogens is 168 g/mol. The van der Waals surface area contributed by atoms with Crippen molar-refractivity contribution in [1.82, 2.24) is 0 Å². The molecule has 1 rings (SSSR count). The maximum Gasteiger partial charge on any atom is 0.164 e. The highest BCUT2D eigenvalue weighted by molar-refractivity contribution is 5.83. The van der Waals surface area contributed by atoms with Crippen LogP contribution in [0.4, 0.5) is 0 Å². The van der Waals surface area contributed by atoms with Crippen molar-refractivity contribution in [2.24, 2.45) is 0 Å². The lowest BCUT2D eigenvalue weighted by atomic mass is 10.1. The van der Waals surface area contributed by atoms with Gasteiger partial charge < -0.3 is 9.47 Å². The third kappa shape index (κ3) is 3.08. The summed E-state index contributed by atoms with van der Waals surface area (Å²) in [6.45, 7) is 6.15. The second-order valence-electron chi connectivity index (χ2n) is 3.89. The van der Waals surface area contributed by atoms with Gasteiger partial charge in [0.2, 0.25) is 0 Å². The summed E-state index contributed by atoms with van der Waals surface area (Å²) in [5.41, 5.74) is 0. The fourth-order valence-corrected chi connectivity index (χ4v) is 1.36. The van der Waals surface area contributed by atoms with Crippen LogP contribution in [-0.2, 0) is 14.3 Å². The van der Waals surface area contributed by atoms with Crippen molar-refractivity contribution < 1.29 is 14.3 Å². The van der Waals surface area contributed by atoms with Gasteiger partial charge in [0.05, 0.1) is 6.61 Å². The molecule has 1 atom stereocenters. The molecule has 0 aromatic carbocycles. The Morgan fingerprint density at radius 1 is 1.54 bits per heavy atom. The summed E-state index contributed by atoms with van der Waals surface area (Å²) >= 11 is 0. The summed E-state index contributed by atoms with van der Waals surface area (Å²) in [7, 11) is 0. The van der Waals surface area contributed by atoms with E-state index in [-0.39, 0.29) is 11.9 Å². The van der Waals surface area contributed by atoms with Gasteiger partial charge in [-0.2, -0.15) is 0 Å². The van der Waals surface area contributed by atoms with E-state index in [2.05, 4.69) is 6.92 Å². The first-order valence-electron chi connectivity index (χ1n) is 4.89. The Morgan fingerprint density at radius 2 is 2.23 bits per heavy atom. The molecular formula is C10H18O3. The SMILES string of the molecule is CCCCC(=O)C1COC(C)(C)O1. The predicted octanol–water partition coefficient (Wildman–Crippen LogP) is 1.90. The van der Waals surface area contributed by atoms with E-state index < -0.39 is 5.79 Å². The zero-order valence-electron chi connectivity index (χ0n) is 8.63. The summed E-state index contributed by atoms with van der Waals surface area (Å²) in [6.07, 6.45) is 2.27. The molecule has 0 radical (unpaired) electrons. The van der Waals surface area contributed by atoms with E-state index in [0.29, 0.717) is 13.0 Å². The third-order valence-corrected chi connectivity index (χ3v) is 2.14. The molecule has 0 aliphatic carbocycles. The van der Waals surface area contributed by atoms with Crippen molar-refractivity contribution in [3.63, 3.8) is 0 Å². The van der Waals surface area contributed by atoms with Gasteiger partial charge in [-0.1, -0.05) is 13.3 Å². The number of hydrogen-bond acceptors (Lipinski definition) is 3. The first-order valence-corrected chi connectivity index (χ1v) is 4.89. The molecule has 1 saturated heterocycles. The zero-order chi connectivity index (χ0) is 9.90. The number of unbranched alkanes of at least 4 members (excludes halogenated alkanes) is 1. The minimum absolute atomic E-state index is 0.174. The Hall–Kier alpha value is -0.410. The molecule has 1 unspecified atom stereocenters. The van der Waals surface area contributed by atoms with Gasteiger partial charge in [-0.15, -0.1) is 0 Å². The summed E-state index contributed by atoms with van der Waals surface area (Å²) in [5.74, 6) is -0.403. The lowest BCUT2D eigenvalue weighted by molar-refractivity contribution is -0.152. The molecule has 0 aromatic heterocycles. The smallest absolute Gasteiger partial charge is 0.164 e. The van der Waals surface area contributed by atoms with Crippen LogP contribution in [0.1, 0.15) is 40.0 Å². The second kappa shape index (κ2) is 4.20. The van der Waals surface area contributed by atoms with Crippen LogP contribution in [0.2, 0.25) is 0 Å². The summed E-state index contributed by atoms with van der Waals surface area (Å²) in [4.78, 5) is 11.5. The van der Waals surface area contributed by atoms with Gasteiger partial charge in [0.25, 0.3) is 0 Å². The highest BCUT2D eigenvalue weighted by atomic mass is 16.7. The molecule has 3 heteroatoms. The van der Waals surface area contributed by atoms with Crippen LogP contribution in [0.25, 0.3) is 0 Å². The fourth-order valence-electron chi connectivity index (χ4n) is 1.36. The number of ketones is 1. The molecule has 13 heavy (non-hydrogen) atoms. The summed E-state index contributed by atoms with van der Waals surface area (Å²) in [6, 6.07) is 0. The van der Waals surface area contributed by atoms with Crippen molar-refractivity contribution in [2.75, 3.05) is 6.61 Å². The Morgan fingerprint density at radius 3 is 2.69 bits per heavy atom. The average Bonchev–Trinajstić information content (AvgIpc) is 2.42. The Labute approximate surface area is 79.4 Å². The highest BCUT2D eigenvalue weighted by Gasteiger charge is 2.36. The van der Waals surface area contributed by atoms with E-state index in [0.717, 1.165) is 12.8 Å². The van der Waals surface area contributed by atoms with E-state index in [1.165, 1.54) is 0 Å². The number of hydrogen-bond donors (Lipinski definition) is 0. The average molecular weight is 186 g/mol. The predicted molar refractivity (Wildman–Crippen MR) is 49.4 cm³/mol. The molecule has 0 N–H and O–H groups in total. The molecule has 0 bridgehead atoms. The van der Waals surface area contributed by atoms with Gasteiger partial charge in [0.15, 0.2) is 11.6 Å². The van der Waals surface area contributed by atoms with E-state index in [1.807, 2.05) is 13.8 Å². The van der Waals surface area contributed by atoms with Crippen molar-refractivity contribution in [3.05, 3.63) is 0 Å². The van der Waals surface area contributed by atoms with Crippen LogP contribution in [0.3, 0.4) is 0 Å². The van der Waals surface area contributed by atoms with Gasteiger partial charge in [0, 0.05) is 6.42 Å². The number of ether oxygens (including phenoxy) is 2. The molecule has 0 aromatic rings. The van der Waals surface area contributed by atoms with Gasteiger partial charge in [-0.25, -0.2) is 0 Å². The van der Waals surface area contributed by atoms with Crippen molar-refractivity contribution >= 4 is 5.78 Å². The molecule has 1 aliphatic heterocycles. The van der Waals surface area contributed by atoms with E-state index in [4.69, 9.17) is 9.47 Å². The molecule has 0 spiro atoms. The van der Waals surface area contributed by atoms with Crippen LogP contribution in [0.15, 0.2) is 0 Å². The number of carbonyl (C=O) groups is 1. The van der Waals surface area contributed by atoms with E-state index in [9.17, 15) is 4.79 Å². The van der Waals surface area contributed by atoms with Crippen LogP contribution < -0.4 is 0 Å².